The van der Waals surface area contributed by atoms with Crippen LogP contribution in [0.15, 0.2) is 33.6 Å². The summed E-state index contributed by atoms with van der Waals surface area (Å²) in [6, 6.07) is 7.07. The topological polar surface area (TPSA) is 96.3 Å². The molecule has 1 saturated heterocycles. The molecule has 1 aromatic rings. The average Bonchev–Trinajstić information content (AvgIpc) is 3.10. The van der Waals surface area contributed by atoms with E-state index in [1.165, 1.54) is 6.42 Å². The molecule has 0 N–H and O–H groups in total. The number of esters is 1. The van der Waals surface area contributed by atoms with E-state index in [-0.39, 0.29) is 35.3 Å². The predicted molar refractivity (Wildman–Crippen MR) is 120 cm³/mol. The van der Waals surface area contributed by atoms with Gasteiger partial charge in [-0.3, -0.25) is 9.59 Å². The number of hydrogen-bond donors (Lipinski definition) is 0. The van der Waals surface area contributed by atoms with Crippen LogP contribution in [0.2, 0.25) is 0 Å². The van der Waals surface area contributed by atoms with Crippen molar-refractivity contribution in [2.45, 2.75) is 62.8 Å². The van der Waals surface area contributed by atoms with Crippen LogP contribution in [0.5, 0.6) is 0 Å². The van der Waals surface area contributed by atoms with Crippen LogP contribution in [0.4, 0.5) is 0 Å². The van der Waals surface area contributed by atoms with Crippen LogP contribution in [0.3, 0.4) is 0 Å². The number of nitrogens with zero attached hydrogens (tertiary/aromatic N) is 3. The summed E-state index contributed by atoms with van der Waals surface area (Å²) in [5, 5.41) is 0. The van der Waals surface area contributed by atoms with Gasteiger partial charge in [0.25, 0.3) is 15.9 Å². The lowest BCUT2D eigenvalue weighted by Crippen LogP contribution is -2.44. The minimum atomic E-state index is -3.66. The van der Waals surface area contributed by atoms with Crippen LogP contribution in [0, 0.1) is 5.92 Å². The Hall–Kier alpha value is -2.42. The number of hydrogen-bond acceptors (Lipinski definition) is 6. The van der Waals surface area contributed by atoms with Crippen LogP contribution in [-0.2, 0) is 24.3 Å². The number of likely N-dealkylation sites (N-methyl/N-ethyl adjacent to an activating group) is 1. The Morgan fingerprint density at radius 2 is 1.78 bits per heavy atom. The van der Waals surface area contributed by atoms with Crippen LogP contribution in [0.1, 0.15) is 57.4 Å². The molecule has 0 atom stereocenters. The fourth-order valence-corrected chi connectivity index (χ4v) is 6.24. The van der Waals surface area contributed by atoms with Gasteiger partial charge in [0.1, 0.15) is 4.90 Å². The molecule has 9 heteroatoms. The van der Waals surface area contributed by atoms with Gasteiger partial charge in [-0.1, -0.05) is 31.4 Å². The van der Waals surface area contributed by atoms with E-state index in [2.05, 4.69) is 4.40 Å². The maximum atomic E-state index is 12.6. The summed E-state index contributed by atoms with van der Waals surface area (Å²) in [7, 11) is -3.66. The number of likely N-dealkylation sites (tertiary alicyclic amines) is 1. The number of amidine groups is 1. The summed E-state index contributed by atoms with van der Waals surface area (Å²) in [5.74, 6) is -0.308. The van der Waals surface area contributed by atoms with Crippen molar-refractivity contribution in [3.8, 4) is 0 Å². The molecule has 8 nitrogen and oxygen atoms in total. The SMILES string of the molecule is CCN(C(=O)COC(=O)C1CCN(C2=NS(=O)(=O)c3ccccc32)CC1)C1CCCCC1. The molecule has 2 heterocycles. The van der Waals surface area contributed by atoms with E-state index >= 15 is 0 Å². The number of rotatable bonds is 5. The quantitative estimate of drug-likeness (QED) is 0.626. The molecule has 32 heavy (non-hydrogen) atoms. The number of amides is 1. The number of carbonyl (C=O) groups excluding carboxylic acids is 2. The molecule has 0 spiro atoms. The zero-order valence-electron chi connectivity index (χ0n) is 18.5. The van der Waals surface area contributed by atoms with Gasteiger partial charge in [0.2, 0.25) is 0 Å². The molecule has 4 rings (SSSR count). The zero-order valence-corrected chi connectivity index (χ0v) is 19.3. The Labute approximate surface area is 189 Å². The number of sulfonamides is 1. The van der Waals surface area contributed by atoms with Crippen molar-refractivity contribution in [1.82, 2.24) is 9.80 Å². The van der Waals surface area contributed by atoms with Crippen molar-refractivity contribution in [3.63, 3.8) is 0 Å². The van der Waals surface area contributed by atoms with Crippen LogP contribution < -0.4 is 0 Å². The Morgan fingerprint density at radius 1 is 1.09 bits per heavy atom. The van der Waals surface area contributed by atoms with Gasteiger partial charge >= 0.3 is 5.97 Å². The van der Waals surface area contributed by atoms with E-state index in [1.807, 2.05) is 16.7 Å². The lowest BCUT2D eigenvalue weighted by molar-refractivity contribution is -0.157. The molecule has 0 aromatic heterocycles. The van der Waals surface area contributed by atoms with Crippen molar-refractivity contribution < 1.29 is 22.7 Å². The van der Waals surface area contributed by atoms with Crippen LogP contribution >= 0.6 is 0 Å². The first-order chi connectivity index (χ1) is 15.4. The van der Waals surface area contributed by atoms with Crippen molar-refractivity contribution in [2.24, 2.45) is 10.3 Å². The maximum absolute atomic E-state index is 12.6. The van der Waals surface area contributed by atoms with Crippen LogP contribution in [0.25, 0.3) is 0 Å². The minimum Gasteiger partial charge on any atom is -0.455 e. The van der Waals surface area contributed by atoms with Gasteiger partial charge < -0.3 is 14.5 Å². The third kappa shape index (κ3) is 4.67. The molecule has 2 fully saturated rings. The summed E-state index contributed by atoms with van der Waals surface area (Å²) < 4.78 is 34.0. The Bertz CT molecular complexity index is 993. The molecule has 174 valence electrons. The largest absolute Gasteiger partial charge is 0.455 e. The van der Waals surface area contributed by atoms with E-state index in [9.17, 15) is 18.0 Å². The van der Waals surface area contributed by atoms with Crippen molar-refractivity contribution in [2.75, 3.05) is 26.2 Å². The highest BCUT2D eigenvalue weighted by Gasteiger charge is 2.35. The monoisotopic (exact) mass is 461 g/mol. The highest BCUT2D eigenvalue weighted by molar-refractivity contribution is 7.90. The molecule has 0 bridgehead atoms. The molecule has 1 saturated carbocycles. The molecule has 2 aliphatic heterocycles. The molecular weight excluding hydrogens is 430 g/mol. The summed E-state index contributed by atoms with van der Waals surface area (Å²) in [6.07, 6.45) is 6.62. The van der Waals surface area contributed by atoms with E-state index in [0.717, 1.165) is 25.7 Å². The van der Waals surface area contributed by atoms with Crippen molar-refractivity contribution in [3.05, 3.63) is 29.8 Å². The second-order valence-corrected chi connectivity index (χ2v) is 10.3. The Morgan fingerprint density at radius 3 is 2.47 bits per heavy atom. The number of ether oxygens (including phenoxy) is 1. The first-order valence-corrected chi connectivity index (χ1v) is 13.0. The highest BCUT2D eigenvalue weighted by atomic mass is 32.2. The fraction of sp³-hybridized carbons (Fsp3) is 0.609. The van der Waals surface area contributed by atoms with Gasteiger partial charge in [0, 0.05) is 31.2 Å². The number of fused-ring (bicyclic) bond motifs is 1. The van der Waals surface area contributed by atoms with Gasteiger partial charge in [0.15, 0.2) is 12.4 Å². The van der Waals surface area contributed by atoms with Gasteiger partial charge in [-0.15, -0.1) is 4.40 Å². The van der Waals surface area contributed by atoms with Gasteiger partial charge in [-0.05, 0) is 44.7 Å². The molecule has 1 aliphatic carbocycles. The standard InChI is InChI=1S/C23H31N3O5S/c1-2-26(18-8-4-3-5-9-18)21(27)16-31-23(28)17-12-14-25(15-13-17)22-19-10-6-7-11-20(19)32(29,30)24-22/h6-7,10-11,17-18H,2-5,8-9,12-16H2,1H3. The van der Waals surface area contributed by atoms with E-state index in [0.29, 0.717) is 43.9 Å². The third-order valence-electron chi connectivity index (χ3n) is 6.75. The molecule has 3 aliphatic rings. The first kappa shape index (κ1) is 22.8. The Balaban J connectivity index is 1.29. The minimum absolute atomic E-state index is 0.118. The van der Waals surface area contributed by atoms with E-state index in [1.54, 1.807) is 24.3 Å². The smallest absolute Gasteiger partial charge is 0.309 e. The summed E-state index contributed by atoms with van der Waals surface area (Å²) in [5.41, 5.74) is 0.612. The Kier molecular flexibility index (Phi) is 6.83. The molecule has 1 aromatic carbocycles. The average molecular weight is 462 g/mol. The molecule has 0 radical (unpaired) electrons. The molecule has 1 amide bonds. The fourth-order valence-electron chi connectivity index (χ4n) is 5.01. The summed E-state index contributed by atoms with van der Waals surface area (Å²) in [6.45, 7) is 3.42. The predicted octanol–water partition coefficient (Wildman–Crippen LogP) is 2.57. The molecular formula is C23H31N3O5S. The van der Waals surface area contributed by atoms with E-state index in [4.69, 9.17) is 4.74 Å². The first-order valence-electron chi connectivity index (χ1n) is 11.6. The van der Waals surface area contributed by atoms with Crippen molar-refractivity contribution >= 4 is 27.7 Å². The van der Waals surface area contributed by atoms with Gasteiger partial charge in [0.05, 0.1) is 5.92 Å². The molecule has 0 unspecified atom stereocenters. The summed E-state index contributed by atoms with van der Waals surface area (Å²) in [4.78, 5) is 29.2. The second kappa shape index (κ2) is 9.60. The summed E-state index contributed by atoms with van der Waals surface area (Å²) >= 11 is 0. The van der Waals surface area contributed by atoms with Crippen molar-refractivity contribution in [1.29, 1.82) is 0 Å². The lowest BCUT2D eigenvalue weighted by Gasteiger charge is -2.34. The van der Waals surface area contributed by atoms with Gasteiger partial charge in [-0.2, -0.15) is 8.42 Å². The normalized spacial score (nSPS) is 21.0. The third-order valence-corrected chi connectivity index (χ3v) is 8.08. The highest BCUT2D eigenvalue weighted by Crippen LogP contribution is 2.30. The maximum Gasteiger partial charge on any atom is 0.309 e. The number of carbonyl (C=O) groups is 2. The number of piperidine rings is 1. The zero-order chi connectivity index (χ0) is 22.7. The van der Waals surface area contributed by atoms with Gasteiger partial charge in [-0.25, -0.2) is 0 Å². The van der Waals surface area contributed by atoms with E-state index < -0.39 is 10.0 Å². The number of benzene rings is 1. The lowest BCUT2D eigenvalue weighted by atomic mass is 9.94. The second-order valence-electron chi connectivity index (χ2n) is 8.73. The van der Waals surface area contributed by atoms with Crippen LogP contribution in [-0.4, -0.2) is 68.2 Å².